The lowest BCUT2D eigenvalue weighted by molar-refractivity contribution is 0.195. The zero-order chi connectivity index (χ0) is 12.3. The molecule has 2 rings (SSSR count). The molecular formula is C13H14BrNOS. The van der Waals surface area contributed by atoms with Crippen LogP contribution in [0.15, 0.2) is 40.2 Å². The lowest BCUT2D eigenvalue weighted by atomic mass is 10.2. The largest absolute Gasteiger partial charge is 0.386 e. The Bertz CT molecular complexity index is 484. The molecular weight excluding hydrogens is 298 g/mol. The number of aliphatic hydroxyl groups is 1. The Morgan fingerprint density at radius 2 is 2.24 bits per heavy atom. The highest BCUT2D eigenvalue weighted by Gasteiger charge is 2.08. The predicted octanol–water partition coefficient (Wildman–Crippen LogP) is 3.96. The summed E-state index contributed by atoms with van der Waals surface area (Å²) in [7, 11) is 0. The van der Waals surface area contributed by atoms with Crippen LogP contribution in [0, 0.1) is 6.92 Å². The first-order valence-electron chi connectivity index (χ1n) is 5.38. The third-order valence-corrected chi connectivity index (χ3v) is 4.02. The minimum atomic E-state index is -0.451. The maximum atomic E-state index is 9.97. The van der Waals surface area contributed by atoms with Crippen LogP contribution in [0.4, 0.5) is 5.69 Å². The van der Waals surface area contributed by atoms with Crippen molar-refractivity contribution in [2.24, 2.45) is 0 Å². The molecule has 1 unspecified atom stereocenters. The Balaban J connectivity index is 2.00. The Kier molecular flexibility index (Phi) is 4.20. The van der Waals surface area contributed by atoms with Crippen LogP contribution in [0.3, 0.4) is 0 Å². The van der Waals surface area contributed by atoms with Crippen molar-refractivity contribution in [3.05, 3.63) is 50.6 Å². The predicted molar refractivity (Wildman–Crippen MR) is 76.6 cm³/mol. The summed E-state index contributed by atoms with van der Waals surface area (Å²) in [5, 5.41) is 15.2. The van der Waals surface area contributed by atoms with Crippen LogP contribution >= 0.6 is 27.3 Å². The zero-order valence-electron chi connectivity index (χ0n) is 9.48. The van der Waals surface area contributed by atoms with E-state index in [1.165, 1.54) is 5.56 Å². The number of aryl methyl sites for hydroxylation is 1. The van der Waals surface area contributed by atoms with Crippen molar-refractivity contribution in [2.75, 3.05) is 11.9 Å². The van der Waals surface area contributed by atoms with Crippen LogP contribution in [0.5, 0.6) is 0 Å². The van der Waals surface area contributed by atoms with Gasteiger partial charge in [0.05, 0.1) is 0 Å². The lowest BCUT2D eigenvalue weighted by Gasteiger charge is -2.13. The van der Waals surface area contributed by atoms with E-state index in [0.717, 1.165) is 15.0 Å². The molecule has 1 atom stereocenters. The zero-order valence-corrected chi connectivity index (χ0v) is 11.9. The number of hydrogen-bond acceptors (Lipinski definition) is 3. The van der Waals surface area contributed by atoms with Crippen LogP contribution < -0.4 is 5.32 Å². The molecule has 2 nitrogen and oxygen atoms in total. The van der Waals surface area contributed by atoms with Gasteiger partial charge in [-0.25, -0.2) is 0 Å². The normalized spacial score (nSPS) is 12.4. The highest BCUT2D eigenvalue weighted by atomic mass is 79.9. The van der Waals surface area contributed by atoms with E-state index in [-0.39, 0.29) is 0 Å². The topological polar surface area (TPSA) is 32.3 Å². The van der Waals surface area contributed by atoms with Gasteiger partial charge in [-0.15, -0.1) is 11.3 Å². The third kappa shape index (κ3) is 3.31. The summed E-state index contributed by atoms with van der Waals surface area (Å²) in [4.78, 5) is 0.991. The molecule has 0 amide bonds. The van der Waals surface area contributed by atoms with E-state index in [0.29, 0.717) is 6.54 Å². The number of aliphatic hydroxyl groups excluding tert-OH is 1. The van der Waals surface area contributed by atoms with Crippen molar-refractivity contribution in [3.8, 4) is 0 Å². The highest BCUT2D eigenvalue weighted by Crippen LogP contribution is 2.23. The van der Waals surface area contributed by atoms with Crippen molar-refractivity contribution >= 4 is 33.0 Å². The third-order valence-electron chi connectivity index (χ3n) is 2.56. The first-order chi connectivity index (χ1) is 8.16. The molecule has 0 aliphatic heterocycles. The van der Waals surface area contributed by atoms with Crippen molar-refractivity contribution in [1.82, 2.24) is 0 Å². The number of rotatable bonds is 4. The Labute approximate surface area is 113 Å². The average molecular weight is 312 g/mol. The Hall–Kier alpha value is -0.840. The fraction of sp³-hybridized carbons (Fsp3) is 0.231. The molecule has 0 saturated heterocycles. The van der Waals surface area contributed by atoms with Gasteiger partial charge in [-0.1, -0.05) is 28.1 Å². The van der Waals surface area contributed by atoms with Gasteiger partial charge in [0, 0.05) is 21.6 Å². The molecule has 17 heavy (non-hydrogen) atoms. The molecule has 0 fully saturated rings. The van der Waals surface area contributed by atoms with Gasteiger partial charge in [-0.2, -0.15) is 0 Å². The minimum Gasteiger partial charge on any atom is -0.386 e. The molecule has 0 bridgehead atoms. The second kappa shape index (κ2) is 5.67. The van der Waals surface area contributed by atoms with Gasteiger partial charge < -0.3 is 10.4 Å². The molecule has 0 spiro atoms. The van der Waals surface area contributed by atoms with E-state index >= 15 is 0 Å². The highest BCUT2D eigenvalue weighted by molar-refractivity contribution is 9.10. The van der Waals surface area contributed by atoms with Gasteiger partial charge in [0.2, 0.25) is 0 Å². The van der Waals surface area contributed by atoms with Gasteiger partial charge in [-0.3, -0.25) is 0 Å². The second-order valence-electron chi connectivity index (χ2n) is 3.87. The van der Waals surface area contributed by atoms with Gasteiger partial charge in [0.15, 0.2) is 0 Å². The van der Waals surface area contributed by atoms with Gasteiger partial charge in [0.1, 0.15) is 6.10 Å². The van der Waals surface area contributed by atoms with E-state index < -0.39 is 6.10 Å². The number of nitrogens with one attached hydrogen (secondary N) is 1. The number of hydrogen-bond donors (Lipinski definition) is 2. The number of benzene rings is 1. The summed E-state index contributed by atoms with van der Waals surface area (Å²) in [6.45, 7) is 2.57. The van der Waals surface area contributed by atoms with Crippen molar-refractivity contribution in [1.29, 1.82) is 0 Å². The van der Waals surface area contributed by atoms with E-state index in [9.17, 15) is 5.11 Å². The number of thiophene rings is 1. The monoisotopic (exact) mass is 311 g/mol. The standard InChI is InChI=1S/C13H14BrNOS/c1-9-4-5-10(14)7-11(9)15-8-12(16)13-3-2-6-17-13/h2-7,12,15-16H,8H2,1H3. The van der Waals surface area contributed by atoms with Gasteiger partial charge in [-0.05, 0) is 36.1 Å². The summed E-state index contributed by atoms with van der Waals surface area (Å²) >= 11 is 5.02. The molecule has 0 aliphatic carbocycles. The molecule has 0 saturated carbocycles. The van der Waals surface area contributed by atoms with Crippen LogP contribution in [0.2, 0.25) is 0 Å². The van der Waals surface area contributed by atoms with Crippen molar-refractivity contribution in [3.63, 3.8) is 0 Å². The molecule has 2 N–H and O–H groups in total. The summed E-state index contributed by atoms with van der Waals surface area (Å²) in [5.41, 5.74) is 2.22. The summed E-state index contributed by atoms with van der Waals surface area (Å²) in [6.07, 6.45) is -0.451. The van der Waals surface area contributed by atoms with Gasteiger partial charge in [0.25, 0.3) is 0 Å². The average Bonchev–Trinajstić information content (AvgIpc) is 2.83. The van der Waals surface area contributed by atoms with Crippen molar-refractivity contribution < 1.29 is 5.11 Å². The van der Waals surface area contributed by atoms with E-state index in [4.69, 9.17) is 0 Å². The molecule has 1 aromatic carbocycles. The molecule has 0 radical (unpaired) electrons. The smallest absolute Gasteiger partial charge is 0.105 e. The molecule has 1 aromatic heterocycles. The van der Waals surface area contributed by atoms with E-state index in [1.54, 1.807) is 11.3 Å². The second-order valence-corrected chi connectivity index (χ2v) is 5.77. The van der Waals surface area contributed by atoms with E-state index in [1.807, 2.05) is 42.6 Å². The van der Waals surface area contributed by atoms with Crippen LogP contribution in [-0.4, -0.2) is 11.7 Å². The first kappa shape index (κ1) is 12.6. The van der Waals surface area contributed by atoms with E-state index in [2.05, 4.69) is 21.2 Å². The molecule has 90 valence electrons. The summed E-state index contributed by atoms with van der Waals surface area (Å²) < 4.78 is 1.04. The first-order valence-corrected chi connectivity index (χ1v) is 7.05. The van der Waals surface area contributed by atoms with Crippen molar-refractivity contribution in [2.45, 2.75) is 13.0 Å². The van der Waals surface area contributed by atoms with Crippen LogP contribution in [0.25, 0.3) is 0 Å². The SMILES string of the molecule is Cc1ccc(Br)cc1NCC(O)c1cccs1. The number of halogens is 1. The molecule has 1 heterocycles. The summed E-state index contributed by atoms with van der Waals surface area (Å²) in [5.74, 6) is 0. The number of anilines is 1. The summed E-state index contributed by atoms with van der Waals surface area (Å²) in [6, 6.07) is 9.98. The minimum absolute atomic E-state index is 0.451. The van der Waals surface area contributed by atoms with Gasteiger partial charge >= 0.3 is 0 Å². The molecule has 4 heteroatoms. The maximum Gasteiger partial charge on any atom is 0.105 e. The van der Waals surface area contributed by atoms with Crippen LogP contribution in [0.1, 0.15) is 16.5 Å². The fourth-order valence-electron chi connectivity index (χ4n) is 1.57. The maximum absolute atomic E-state index is 9.97. The fourth-order valence-corrected chi connectivity index (χ4v) is 2.65. The Morgan fingerprint density at radius 3 is 2.94 bits per heavy atom. The lowest BCUT2D eigenvalue weighted by Crippen LogP contribution is -2.11. The Morgan fingerprint density at radius 1 is 1.41 bits per heavy atom. The quantitative estimate of drug-likeness (QED) is 0.895. The van der Waals surface area contributed by atoms with Crippen LogP contribution in [-0.2, 0) is 0 Å². The molecule has 2 aromatic rings. The molecule has 0 aliphatic rings.